The van der Waals surface area contributed by atoms with Gasteiger partial charge in [-0.25, -0.2) is 0 Å². The average molecular weight is 357 g/mol. The van der Waals surface area contributed by atoms with Gasteiger partial charge in [0.15, 0.2) is 0 Å². The minimum absolute atomic E-state index is 0.0398. The van der Waals surface area contributed by atoms with E-state index in [4.69, 9.17) is 9.47 Å². The maximum atomic E-state index is 12.7. The number of benzene rings is 1. The minimum Gasteiger partial charge on any atom is -0.497 e. The second-order valence-corrected chi connectivity index (χ2v) is 6.13. The SMILES string of the molecule is COCCN1C(=O)c2cccn2CC1CNC(=O)c1ccc(OC)cc1. The topological polar surface area (TPSA) is 72.8 Å². The van der Waals surface area contributed by atoms with Crippen LogP contribution in [0.1, 0.15) is 20.8 Å². The Morgan fingerprint density at radius 3 is 2.69 bits per heavy atom. The molecule has 0 aliphatic carbocycles. The number of aromatic nitrogens is 1. The van der Waals surface area contributed by atoms with Crippen molar-refractivity contribution in [2.45, 2.75) is 12.6 Å². The van der Waals surface area contributed by atoms with E-state index in [1.54, 1.807) is 43.4 Å². The lowest BCUT2D eigenvalue weighted by Gasteiger charge is -2.36. The lowest BCUT2D eigenvalue weighted by atomic mass is 10.1. The molecule has 1 aliphatic rings. The Morgan fingerprint density at radius 1 is 1.23 bits per heavy atom. The van der Waals surface area contributed by atoms with Crippen LogP contribution in [0.15, 0.2) is 42.6 Å². The first-order valence-corrected chi connectivity index (χ1v) is 8.51. The highest BCUT2D eigenvalue weighted by molar-refractivity contribution is 5.95. The van der Waals surface area contributed by atoms with Crippen LogP contribution in [-0.2, 0) is 11.3 Å². The predicted molar refractivity (Wildman–Crippen MR) is 96.5 cm³/mol. The molecule has 7 nitrogen and oxygen atoms in total. The van der Waals surface area contributed by atoms with E-state index in [1.807, 2.05) is 22.9 Å². The summed E-state index contributed by atoms with van der Waals surface area (Å²) in [6.45, 7) is 1.96. The van der Waals surface area contributed by atoms with Crippen LogP contribution in [-0.4, -0.2) is 61.2 Å². The standard InChI is InChI=1S/C19H23N3O4/c1-25-11-10-22-15(13-21-9-3-4-17(21)19(22)24)12-20-18(23)14-5-7-16(26-2)8-6-14/h3-9,15H,10-13H2,1-2H3,(H,20,23). The number of carbonyl (C=O) groups excluding carboxylic acids is 2. The van der Waals surface area contributed by atoms with Crippen LogP contribution in [0, 0.1) is 0 Å². The van der Waals surface area contributed by atoms with Crippen LogP contribution in [0.4, 0.5) is 0 Å². The number of fused-ring (bicyclic) bond motifs is 1. The maximum Gasteiger partial charge on any atom is 0.270 e. The smallest absolute Gasteiger partial charge is 0.270 e. The summed E-state index contributed by atoms with van der Waals surface area (Å²) in [6.07, 6.45) is 1.89. The predicted octanol–water partition coefficient (Wildman–Crippen LogP) is 1.40. The monoisotopic (exact) mass is 357 g/mol. The minimum atomic E-state index is -0.176. The van der Waals surface area contributed by atoms with Crippen molar-refractivity contribution in [3.8, 4) is 5.75 Å². The summed E-state index contributed by atoms with van der Waals surface area (Å²) >= 11 is 0. The molecule has 2 amide bonds. The first kappa shape index (κ1) is 18.0. The van der Waals surface area contributed by atoms with Gasteiger partial charge < -0.3 is 24.3 Å². The van der Waals surface area contributed by atoms with Gasteiger partial charge in [0.1, 0.15) is 11.4 Å². The van der Waals surface area contributed by atoms with Crippen LogP contribution in [0.3, 0.4) is 0 Å². The molecule has 1 unspecified atom stereocenters. The first-order valence-electron chi connectivity index (χ1n) is 8.51. The van der Waals surface area contributed by atoms with E-state index >= 15 is 0 Å². The fraction of sp³-hybridized carbons (Fsp3) is 0.368. The highest BCUT2D eigenvalue weighted by Gasteiger charge is 2.32. The van der Waals surface area contributed by atoms with Crippen LogP contribution < -0.4 is 10.1 Å². The molecule has 2 heterocycles. The van der Waals surface area contributed by atoms with E-state index in [-0.39, 0.29) is 17.9 Å². The van der Waals surface area contributed by atoms with Crippen molar-refractivity contribution in [2.24, 2.45) is 0 Å². The van der Waals surface area contributed by atoms with E-state index < -0.39 is 0 Å². The summed E-state index contributed by atoms with van der Waals surface area (Å²) in [6, 6.07) is 10.5. The Kier molecular flexibility index (Phi) is 5.58. The van der Waals surface area contributed by atoms with Crippen molar-refractivity contribution < 1.29 is 19.1 Å². The molecule has 26 heavy (non-hydrogen) atoms. The zero-order chi connectivity index (χ0) is 18.5. The van der Waals surface area contributed by atoms with Crippen LogP contribution in [0.5, 0.6) is 5.75 Å². The molecule has 1 N–H and O–H groups in total. The van der Waals surface area contributed by atoms with Gasteiger partial charge in [-0.15, -0.1) is 0 Å². The van der Waals surface area contributed by atoms with Gasteiger partial charge in [0.25, 0.3) is 11.8 Å². The highest BCUT2D eigenvalue weighted by Crippen LogP contribution is 2.18. The molecule has 1 atom stereocenters. The molecule has 1 aliphatic heterocycles. The van der Waals surface area contributed by atoms with Crippen molar-refractivity contribution in [3.63, 3.8) is 0 Å². The van der Waals surface area contributed by atoms with Crippen molar-refractivity contribution >= 4 is 11.8 Å². The molecule has 1 aromatic carbocycles. The Bertz CT molecular complexity index is 769. The Hall–Kier alpha value is -2.80. The van der Waals surface area contributed by atoms with Crippen LogP contribution in [0.2, 0.25) is 0 Å². The van der Waals surface area contributed by atoms with E-state index in [0.717, 1.165) is 0 Å². The number of hydrogen-bond donors (Lipinski definition) is 1. The number of carbonyl (C=O) groups is 2. The Labute approximate surface area is 152 Å². The third-order valence-corrected chi connectivity index (χ3v) is 4.54. The summed E-state index contributed by atoms with van der Waals surface area (Å²) in [5.74, 6) is 0.484. The van der Waals surface area contributed by atoms with E-state index in [2.05, 4.69) is 5.32 Å². The summed E-state index contributed by atoms with van der Waals surface area (Å²) in [5, 5.41) is 2.93. The number of amides is 2. The average Bonchev–Trinajstić information content (AvgIpc) is 3.14. The number of hydrogen-bond acceptors (Lipinski definition) is 4. The largest absolute Gasteiger partial charge is 0.497 e. The fourth-order valence-electron chi connectivity index (χ4n) is 3.11. The van der Waals surface area contributed by atoms with Crippen LogP contribution >= 0.6 is 0 Å². The normalized spacial score (nSPS) is 16.3. The Morgan fingerprint density at radius 2 is 2.00 bits per heavy atom. The number of nitrogens with zero attached hydrogens (tertiary/aromatic N) is 2. The molecule has 3 rings (SSSR count). The first-order chi connectivity index (χ1) is 12.6. The number of nitrogens with one attached hydrogen (secondary N) is 1. The van der Waals surface area contributed by atoms with Crippen LogP contribution in [0.25, 0.3) is 0 Å². The second kappa shape index (κ2) is 8.05. The van der Waals surface area contributed by atoms with Gasteiger partial charge >= 0.3 is 0 Å². The molecule has 0 spiro atoms. The summed E-state index contributed by atoms with van der Waals surface area (Å²) in [7, 11) is 3.19. The molecule has 0 saturated heterocycles. The lowest BCUT2D eigenvalue weighted by Crippen LogP contribution is -2.53. The molecule has 0 saturated carbocycles. The van der Waals surface area contributed by atoms with E-state index in [9.17, 15) is 9.59 Å². The Balaban J connectivity index is 1.68. The van der Waals surface area contributed by atoms with Crippen molar-refractivity contribution in [1.29, 1.82) is 0 Å². The molecular formula is C19H23N3O4. The van der Waals surface area contributed by atoms with Gasteiger partial charge in [-0.05, 0) is 36.4 Å². The van der Waals surface area contributed by atoms with E-state index in [1.165, 1.54) is 0 Å². The van der Waals surface area contributed by atoms with Crippen molar-refractivity contribution in [3.05, 3.63) is 53.9 Å². The number of methoxy groups -OCH3 is 2. The number of ether oxygens (including phenoxy) is 2. The van der Waals surface area contributed by atoms with Gasteiger partial charge in [-0.2, -0.15) is 0 Å². The molecule has 0 bridgehead atoms. The fourth-order valence-corrected chi connectivity index (χ4v) is 3.11. The highest BCUT2D eigenvalue weighted by atomic mass is 16.5. The maximum absolute atomic E-state index is 12.7. The molecule has 0 fully saturated rings. The quantitative estimate of drug-likeness (QED) is 0.813. The van der Waals surface area contributed by atoms with Gasteiger partial charge in [0.2, 0.25) is 0 Å². The summed E-state index contributed by atoms with van der Waals surface area (Å²) in [4.78, 5) is 26.9. The second-order valence-electron chi connectivity index (χ2n) is 6.13. The zero-order valence-corrected chi connectivity index (χ0v) is 15.0. The van der Waals surface area contributed by atoms with Crippen molar-refractivity contribution in [2.75, 3.05) is 33.9 Å². The van der Waals surface area contributed by atoms with Gasteiger partial charge in [0.05, 0.1) is 19.8 Å². The molecule has 0 radical (unpaired) electrons. The summed E-state index contributed by atoms with van der Waals surface area (Å²) < 4.78 is 12.2. The molecule has 1 aromatic heterocycles. The molecule has 138 valence electrons. The molecule has 7 heteroatoms. The lowest BCUT2D eigenvalue weighted by molar-refractivity contribution is 0.0504. The van der Waals surface area contributed by atoms with Gasteiger partial charge in [0, 0.05) is 38.5 Å². The van der Waals surface area contributed by atoms with Gasteiger partial charge in [-0.1, -0.05) is 0 Å². The number of rotatable bonds is 7. The molecular weight excluding hydrogens is 334 g/mol. The van der Waals surface area contributed by atoms with E-state index in [0.29, 0.717) is 43.2 Å². The van der Waals surface area contributed by atoms with Crippen molar-refractivity contribution in [1.82, 2.24) is 14.8 Å². The zero-order valence-electron chi connectivity index (χ0n) is 15.0. The summed E-state index contributed by atoms with van der Waals surface area (Å²) in [5.41, 5.74) is 1.22. The van der Waals surface area contributed by atoms with Gasteiger partial charge in [-0.3, -0.25) is 9.59 Å². The third-order valence-electron chi connectivity index (χ3n) is 4.54. The molecule has 2 aromatic rings. The third kappa shape index (κ3) is 3.72.